The van der Waals surface area contributed by atoms with E-state index in [9.17, 15) is 0 Å². The maximum atomic E-state index is 8.96. The highest BCUT2D eigenvalue weighted by Gasteiger charge is 2.41. The smallest absolute Gasteiger partial charge is 0.197 e. The van der Waals surface area contributed by atoms with E-state index >= 15 is 0 Å². The second kappa shape index (κ2) is 7.12. The lowest BCUT2D eigenvalue weighted by Crippen LogP contribution is -2.43. The number of H-pyrrole nitrogens is 1. The second-order valence-electron chi connectivity index (χ2n) is 8.15. The number of fused-ring (bicyclic) bond motifs is 3. The van der Waals surface area contributed by atoms with Crippen LogP contribution in [0.2, 0.25) is 0 Å². The van der Waals surface area contributed by atoms with Crippen molar-refractivity contribution in [2.75, 3.05) is 11.9 Å². The van der Waals surface area contributed by atoms with Crippen LogP contribution >= 0.6 is 0 Å². The minimum Gasteiger partial charge on any atom is -0.322 e. The van der Waals surface area contributed by atoms with E-state index in [4.69, 9.17) is 10.2 Å². The third-order valence-electron chi connectivity index (χ3n) is 6.25. The SMILES string of the molecule is Cc1cc(Nc2cnc3nc(C)n([C@@H]4C[C@H]5CC[C@@H](C4)N5CCC#N)c3n2)n[nH]1. The monoisotopic (exact) mass is 391 g/mol. The second-order valence-corrected chi connectivity index (χ2v) is 8.15. The van der Waals surface area contributed by atoms with Crippen LogP contribution < -0.4 is 5.32 Å². The Morgan fingerprint density at radius 3 is 2.66 bits per heavy atom. The quantitative estimate of drug-likeness (QED) is 0.687. The molecule has 0 saturated carbocycles. The molecule has 2 bridgehead atoms. The number of hydrogen-bond donors (Lipinski definition) is 2. The van der Waals surface area contributed by atoms with Crippen LogP contribution in [0, 0.1) is 25.2 Å². The highest BCUT2D eigenvalue weighted by atomic mass is 15.3. The number of aromatic nitrogens is 6. The van der Waals surface area contributed by atoms with Gasteiger partial charge in [-0.15, -0.1) is 0 Å². The van der Waals surface area contributed by atoms with Crippen LogP contribution in [-0.2, 0) is 0 Å². The fourth-order valence-electron chi connectivity index (χ4n) is 5.08. The van der Waals surface area contributed by atoms with Gasteiger partial charge in [-0.05, 0) is 39.5 Å². The van der Waals surface area contributed by atoms with Crippen LogP contribution in [0.1, 0.15) is 49.7 Å². The largest absolute Gasteiger partial charge is 0.322 e. The number of nitrogens with zero attached hydrogens (tertiary/aromatic N) is 7. The zero-order chi connectivity index (χ0) is 20.0. The van der Waals surface area contributed by atoms with E-state index in [0.717, 1.165) is 42.4 Å². The maximum Gasteiger partial charge on any atom is 0.197 e. The molecule has 0 amide bonds. The molecule has 9 nitrogen and oxygen atoms in total. The fraction of sp³-hybridized carbons (Fsp3) is 0.550. The third-order valence-corrected chi connectivity index (χ3v) is 6.25. The van der Waals surface area contributed by atoms with Gasteiger partial charge in [-0.2, -0.15) is 10.4 Å². The summed E-state index contributed by atoms with van der Waals surface area (Å²) < 4.78 is 2.27. The molecule has 0 spiro atoms. The maximum absolute atomic E-state index is 8.96. The molecule has 5 heterocycles. The predicted molar refractivity (Wildman–Crippen MR) is 109 cm³/mol. The third kappa shape index (κ3) is 3.23. The van der Waals surface area contributed by atoms with Gasteiger partial charge in [0.15, 0.2) is 22.9 Å². The van der Waals surface area contributed by atoms with E-state index < -0.39 is 0 Å². The van der Waals surface area contributed by atoms with Crippen LogP contribution in [0.5, 0.6) is 0 Å². The Hall–Kier alpha value is -2.99. The molecule has 9 heteroatoms. The summed E-state index contributed by atoms with van der Waals surface area (Å²) in [5.41, 5.74) is 2.50. The Labute approximate surface area is 169 Å². The summed E-state index contributed by atoms with van der Waals surface area (Å²) in [4.78, 5) is 16.6. The minimum atomic E-state index is 0.369. The van der Waals surface area contributed by atoms with Gasteiger partial charge in [0.1, 0.15) is 5.82 Å². The van der Waals surface area contributed by atoms with Gasteiger partial charge >= 0.3 is 0 Å². The van der Waals surface area contributed by atoms with E-state index in [2.05, 4.69) is 41.0 Å². The van der Waals surface area contributed by atoms with Gasteiger partial charge in [0, 0.05) is 42.9 Å². The number of nitrogens with one attached hydrogen (secondary N) is 2. The zero-order valence-electron chi connectivity index (χ0n) is 16.8. The Morgan fingerprint density at radius 2 is 1.97 bits per heavy atom. The topological polar surface area (TPSA) is 111 Å². The molecule has 0 radical (unpaired) electrons. The van der Waals surface area contributed by atoms with E-state index in [-0.39, 0.29) is 0 Å². The summed E-state index contributed by atoms with van der Waals surface area (Å²) in [6.45, 7) is 4.89. The van der Waals surface area contributed by atoms with Crippen molar-refractivity contribution in [1.29, 1.82) is 5.26 Å². The molecule has 5 rings (SSSR count). The number of rotatable bonds is 5. The van der Waals surface area contributed by atoms with Gasteiger partial charge in [-0.1, -0.05) is 0 Å². The molecular formula is C20H25N9. The summed E-state index contributed by atoms with van der Waals surface area (Å²) in [6, 6.07) is 5.69. The lowest BCUT2D eigenvalue weighted by molar-refractivity contribution is 0.110. The van der Waals surface area contributed by atoms with Crippen molar-refractivity contribution in [3.05, 3.63) is 23.8 Å². The van der Waals surface area contributed by atoms with E-state index in [1.165, 1.54) is 12.8 Å². The summed E-state index contributed by atoms with van der Waals surface area (Å²) in [5, 5.41) is 19.3. The van der Waals surface area contributed by atoms with Crippen molar-refractivity contribution in [3.8, 4) is 6.07 Å². The number of piperidine rings is 1. The van der Waals surface area contributed by atoms with Crippen molar-refractivity contribution in [1.82, 2.24) is 34.6 Å². The number of imidazole rings is 1. The summed E-state index contributed by atoms with van der Waals surface area (Å²) in [6.07, 6.45) is 6.90. The van der Waals surface area contributed by atoms with Crippen LogP contribution in [0.3, 0.4) is 0 Å². The molecule has 2 N–H and O–H groups in total. The van der Waals surface area contributed by atoms with Crippen molar-refractivity contribution < 1.29 is 0 Å². The minimum absolute atomic E-state index is 0.369. The fourth-order valence-corrected chi connectivity index (χ4v) is 5.08. The van der Waals surface area contributed by atoms with Crippen LogP contribution in [0.4, 0.5) is 11.6 Å². The first kappa shape index (κ1) is 18.1. The first-order valence-electron chi connectivity index (χ1n) is 10.3. The molecule has 2 saturated heterocycles. The molecule has 2 fully saturated rings. The molecular weight excluding hydrogens is 366 g/mol. The van der Waals surface area contributed by atoms with Gasteiger partial charge in [0.05, 0.1) is 12.3 Å². The standard InChI is InChI=1S/C20H25N9/c1-12-8-17(27-26-12)24-18-11-22-19-20(25-18)29(13(2)23-19)16-9-14-4-5-15(10-16)28(14)7-3-6-21/h8,11,14-16H,3-5,7,9-10H2,1-2H3,(H2,24,25,26,27)/t14-,15+,16-. The van der Waals surface area contributed by atoms with Gasteiger partial charge in [0.25, 0.3) is 0 Å². The van der Waals surface area contributed by atoms with Gasteiger partial charge in [-0.25, -0.2) is 15.0 Å². The van der Waals surface area contributed by atoms with E-state index in [0.29, 0.717) is 36.0 Å². The molecule has 0 aromatic carbocycles. The van der Waals surface area contributed by atoms with Gasteiger partial charge < -0.3 is 9.88 Å². The Balaban J connectivity index is 1.43. The molecule has 2 aliphatic rings. The number of hydrogen-bond acceptors (Lipinski definition) is 7. The van der Waals surface area contributed by atoms with Gasteiger partial charge in [-0.3, -0.25) is 10.00 Å². The Kier molecular flexibility index (Phi) is 4.43. The Bertz CT molecular complexity index is 1060. The summed E-state index contributed by atoms with van der Waals surface area (Å²) in [7, 11) is 0. The average Bonchev–Trinajstić information content (AvgIpc) is 3.32. The van der Waals surface area contributed by atoms with E-state index in [1.54, 1.807) is 6.20 Å². The predicted octanol–water partition coefficient (Wildman–Crippen LogP) is 2.99. The first-order chi connectivity index (χ1) is 14.1. The van der Waals surface area contributed by atoms with Crippen molar-refractivity contribution in [2.24, 2.45) is 0 Å². The molecule has 2 aliphatic heterocycles. The molecule has 3 aromatic heterocycles. The number of aryl methyl sites for hydroxylation is 2. The number of nitriles is 1. The molecule has 3 atom stereocenters. The van der Waals surface area contributed by atoms with Crippen LogP contribution in [-0.4, -0.2) is 53.2 Å². The first-order valence-corrected chi connectivity index (χ1v) is 10.3. The van der Waals surface area contributed by atoms with Crippen molar-refractivity contribution in [3.63, 3.8) is 0 Å². The highest BCUT2D eigenvalue weighted by Crippen LogP contribution is 2.42. The molecule has 0 unspecified atom stereocenters. The molecule has 29 heavy (non-hydrogen) atoms. The average molecular weight is 391 g/mol. The number of aromatic amines is 1. The van der Waals surface area contributed by atoms with Crippen molar-refractivity contribution >= 4 is 22.9 Å². The number of anilines is 2. The van der Waals surface area contributed by atoms with Gasteiger partial charge in [0.2, 0.25) is 0 Å². The molecule has 3 aromatic rings. The normalized spacial score (nSPS) is 24.1. The Morgan fingerprint density at radius 1 is 1.17 bits per heavy atom. The van der Waals surface area contributed by atoms with Crippen LogP contribution in [0.25, 0.3) is 11.3 Å². The lowest BCUT2D eigenvalue weighted by Gasteiger charge is -2.39. The van der Waals surface area contributed by atoms with Crippen molar-refractivity contribution in [2.45, 2.75) is 64.1 Å². The lowest BCUT2D eigenvalue weighted by atomic mass is 9.96. The van der Waals surface area contributed by atoms with E-state index in [1.807, 2.05) is 19.9 Å². The zero-order valence-corrected chi connectivity index (χ0v) is 16.8. The molecule has 150 valence electrons. The van der Waals surface area contributed by atoms with Crippen LogP contribution in [0.15, 0.2) is 12.3 Å². The summed E-state index contributed by atoms with van der Waals surface area (Å²) in [5.74, 6) is 2.35. The molecule has 0 aliphatic carbocycles. The highest BCUT2D eigenvalue weighted by molar-refractivity contribution is 5.70. The summed E-state index contributed by atoms with van der Waals surface area (Å²) >= 11 is 0.